The minimum absolute atomic E-state index is 0.0620. The van der Waals surface area contributed by atoms with E-state index in [1.54, 1.807) is 11.8 Å². The SMILES string of the molecule is COCCN1CC(NC(=O)Nc2cc(C(C)C)nn2-c2ccccc2)C(c2cccc(Cl)c2)C1. The van der Waals surface area contributed by atoms with E-state index < -0.39 is 0 Å². The third kappa shape index (κ3) is 5.78. The number of hydrogen-bond donors (Lipinski definition) is 2. The minimum Gasteiger partial charge on any atom is -0.383 e. The van der Waals surface area contributed by atoms with Crippen molar-refractivity contribution in [3.8, 4) is 5.69 Å². The summed E-state index contributed by atoms with van der Waals surface area (Å²) in [6.45, 7) is 7.20. The lowest BCUT2D eigenvalue weighted by molar-refractivity contribution is 0.159. The zero-order valence-electron chi connectivity index (χ0n) is 19.9. The standard InChI is InChI=1S/C26H32ClN5O2/c1-18(2)23-15-25(32(30-23)21-10-5-4-6-11-21)29-26(33)28-24-17-31(12-13-34-3)16-22(24)19-8-7-9-20(27)14-19/h4-11,14-15,18,22,24H,12-13,16-17H2,1-3H3,(H2,28,29,33). The summed E-state index contributed by atoms with van der Waals surface area (Å²) < 4.78 is 7.04. The highest BCUT2D eigenvalue weighted by Gasteiger charge is 2.35. The number of halogens is 1. The number of para-hydroxylation sites is 1. The lowest BCUT2D eigenvalue weighted by Gasteiger charge is -2.21. The van der Waals surface area contributed by atoms with Crippen LogP contribution in [0.15, 0.2) is 60.7 Å². The van der Waals surface area contributed by atoms with E-state index in [1.165, 1.54) is 0 Å². The molecule has 2 heterocycles. The Morgan fingerprint density at radius 1 is 1.15 bits per heavy atom. The number of hydrogen-bond acceptors (Lipinski definition) is 4. The summed E-state index contributed by atoms with van der Waals surface area (Å²) in [4.78, 5) is 15.5. The normalized spacial score (nSPS) is 18.4. The molecule has 1 aliphatic rings. The summed E-state index contributed by atoms with van der Waals surface area (Å²) in [6, 6.07) is 19.3. The zero-order valence-corrected chi connectivity index (χ0v) is 20.6. The smallest absolute Gasteiger partial charge is 0.320 e. The van der Waals surface area contributed by atoms with Crippen molar-refractivity contribution in [2.75, 3.05) is 38.7 Å². The molecule has 0 aliphatic carbocycles. The highest BCUT2D eigenvalue weighted by Crippen LogP contribution is 2.29. The van der Waals surface area contributed by atoms with Gasteiger partial charge in [-0.05, 0) is 35.7 Å². The van der Waals surface area contributed by atoms with Gasteiger partial charge in [-0.3, -0.25) is 10.2 Å². The van der Waals surface area contributed by atoms with E-state index in [0.29, 0.717) is 17.4 Å². The number of rotatable bonds is 8. The van der Waals surface area contributed by atoms with Crippen LogP contribution in [0.1, 0.15) is 36.9 Å². The average Bonchev–Trinajstić information content (AvgIpc) is 3.42. The number of ether oxygens (including phenoxy) is 1. The number of aromatic nitrogens is 2. The number of amides is 2. The van der Waals surface area contributed by atoms with Gasteiger partial charge >= 0.3 is 6.03 Å². The van der Waals surface area contributed by atoms with Crippen LogP contribution in [0.5, 0.6) is 0 Å². The van der Waals surface area contributed by atoms with Gasteiger partial charge in [0.05, 0.1) is 24.0 Å². The van der Waals surface area contributed by atoms with Gasteiger partial charge in [0.15, 0.2) is 0 Å². The predicted octanol–water partition coefficient (Wildman–Crippen LogP) is 4.89. The molecule has 1 aromatic heterocycles. The van der Waals surface area contributed by atoms with Crippen LogP contribution < -0.4 is 10.6 Å². The molecule has 0 bridgehead atoms. The van der Waals surface area contributed by atoms with E-state index in [4.69, 9.17) is 21.4 Å². The van der Waals surface area contributed by atoms with Crippen molar-refractivity contribution in [3.63, 3.8) is 0 Å². The van der Waals surface area contributed by atoms with Crippen LogP contribution in [-0.4, -0.2) is 60.1 Å². The van der Waals surface area contributed by atoms with Crippen molar-refractivity contribution >= 4 is 23.4 Å². The first-order valence-corrected chi connectivity index (χ1v) is 12.0. The lowest BCUT2D eigenvalue weighted by atomic mass is 9.94. The van der Waals surface area contributed by atoms with E-state index in [9.17, 15) is 4.79 Å². The third-order valence-corrected chi connectivity index (χ3v) is 6.40. The summed E-state index contributed by atoms with van der Waals surface area (Å²) in [5, 5.41) is 11.7. The summed E-state index contributed by atoms with van der Waals surface area (Å²) in [6.07, 6.45) is 0. The molecule has 180 valence electrons. The van der Waals surface area contributed by atoms with Gasteiger partial charge in [0, 0.05) is 43.8 Å². The molecule has 34 heavy (non-hydrogen) atoms. The van der Waals surface area contributed by atoms with Crippen LogP contribution in [0.25, 0.3) is 5.69 Å². The van der Waals surface area contributed by atoms with Gasteiger partial charge < -0.3 is 10.1 Å². The van der Waals surface area contributed by atoms with Crippen LogP contribution >= 0.6 is 11.6 Å². The highest BCUT2D eigenvalue weighted by molar-refractivity contribution is 6.30. The molecule has 8 heteroatoms. The summed E-state index contributed by atoms with van der Waals surface area (Å²) in [7, 11) is 1.70. The molecule has 7 nitrogen and oxygen atoms in total. The average molecular weight is 482 g/mol. The molecule has 2 unspecified atom stereocenters. The summed E-state index contributed by atoms with van der Waals surface area (Å²) >= 11 is 6.26. The molecular formula is C26H32ClN5O2. The number of carbonyl (C=O) groups excluding carboxylic acids is 1. The van der Waals surface area contributed by atoms with Crippen LogP contribution in [0.2, 0.25) is 5.02 Å². The molecule has 2 aromatic carbocycles. The fraction of sp³-hybridized carbons (Fsp3) is 0.385. The number of methoxy groups -OCH3 is 1. The first-order chi connectivity index (χ1) is 16.4. The molecule has 2 N–H and O–H groups in total. The number of carbonyl (C=O) groups is 1. The Kier molecular flexibility index (Phi) is 7.88. The van der Waals surface area contributed by atoms with E-state index >= 15 is 0 Å². The van der Waals surface area contributed by atoms with Gasteiger partial charge in [0.2, 0.25) is 0 Å². The fourth-order valence-corrected chi connectivity index (χ4v) is 4.57. The maximum atomic E-state index is 13.2. The van der Waals surface area contributed by atoms with E-state index in [0.717, 1.165) is 36.6 Å². The van der Waals surface area contributed by atoms with Crippen molar-refractivity contribution in [3.05, 3.63) is 76.9 Å². The molecule has 1 saturated heterocycles. The number of anilines is 1. The zero-order chi connectivity index (χ0) is 24.1. The Balaban J connectivity index is 1.53. The highest BCUT2D eigenvalue weighted by atomic mass is 35.5. The Bertz CT molecular complexity index is 1100. The van der Waals surface area contributed by atoms with E-state index in [1.807, 2.05) is 54.6 Å². The van der Waals surface area contributed by atoms with Gasteiger partial charge in [0.25, 0.3) is 0 Å². The van der Waals surface area contributed by atoms with Gasteiger partial charge in [0.1, 0.15) is 5.82 Å². The second kappa shape index (κ2) is 11.0. The maximum absolute atomic E-state index is 13.2. The van der Waals surface area contributed by atoms with Crippen molar-refractivity contribution in [2.45, 2.75) is 31.7 Å². The Hall–Kier alpha value is -2.87. The third-order valence-electron chi connectivity index (χ3n) is 6.16. The minimum atomic E-state index is -0.252. The number of nitrogens with zero attached hydrogens (tertiary/aromatic N) is 3. The molecule has 0 saturated carbocycles. The van der Waals surface area contributed by atoms with Crippen LogP contribution in [0.4, 0.5) is 10.6 Å². The van der Waals surface area contributed by atoms with E-state index in [-0.39, 0.29) is 23.9 Å². The van der Waals surface area contributed by atoms with Gasteiger partial charge in [-0.2, -0.15) is 5.10 Å². The fourth-order valence-electron chi connectivity index (χ4n) is 4.37. The van der Waals surface area contributed by atoms with Gasteiger partial charge in [-0.25, -0.2) is 9.48 Å². The lowest BCUT2D eigenvalue weighted by Crippen LogP contribution is -2.42. The molecule has 0 spiro atoms. The predicted molar refractivity (Wildman–Crippen MR) is 136 cm³/mol. The van der Waals surface area contributed by atoms with Gasteiger partial charge in [-0.15, -0.1) is 0 Å². The molecule has 2 atom stereocenters. The molecule has 1 fully saturated rings. The molecule has 4 rings (SSSR count). The Morgan fingerprint density at radius 2 is 1.94 bits per heavy atom. The second-order valence-corrected chi connectivity index (χ2v) is 9.41. The van der Waals surface area contributed by atoms with Crippen molar-refractivity contribution in [2.24, 2.45) is 0 Å². The number of nitrogens with one attached hydrogen (secondary N) is 2. The first kappa shape index (κ1) is 24.3. The summed E-state index contributed by atoms with van der Waals surface area (Å²) in [5.41, 5.74) is 2.94. The quantitative estimate of drug-likeness (QED) is 0.480. The monoisotopic (exact) mass is 481 g/mol. The molecule has 2 amide bonds. The van der Waals surface area contributed by atoms with Crippen LogP contribution in [-0.2, 0) is 4.74 Å². The van der Waals surface area contributed by atoms with Crippen molar-refractivity contribution in [1.82, 2.24) is 20.0 Å². The second-order valence-electron chi connectivity index (χ2n) is 8.98. The van der Waals surface area contributed by atoms with Crippen molar-refractivity contribution < 1.29 is 9.53 Å². The first-order valence-electron chi connectivity index (χ1n) is 11.6. The molecule has 0 radical (unpaired) electrons. The summed E-state index contributed by atoms with van der Waals surface area (Å²) in [5.74, 6) is 1.01. The number of benzene rings is 2. The van der Waals surface area contributed by atoms with Crippen LogP contribution in [0, 0.1) is 0 Å². The van der Waals surface area contributed by atoms with Crippen LogP contribution in [0.3, 0.4) is 0 Å². The largest absolute Gasteiger partial charge is 0.383 e. The molecule has 1 aliphatic heterocycles. The topological polar surface area (TPSA) is 71.4 Å². The number of likely N-dealkylation sites (tertiary alicyclic amines) is 1. The molecular weight excluding hydrogens is 450 g/mol. The van der Waals surface area contributed by atoms with Gasteiger partial charge in [-0.1, -0.05) is 55.8 Å². The molecule has 3 aromatic rings. The van der Waals surface area contributed by atoms with Crippen molar-refractivity contribution in [1.29, 1.82) is 0 Å². The Morgan fingerprint density at radius 3 is 2.65 bits per heavy atom. The maximum Gasteiger partial charge on any atom is 0.320 e. The van der Waals surface area contributed by atoms with E-state index in [2.05, 4.69) is 35.4 Å². The number of urea groups is 1. The Labute approximate surface area is 206 Å².